The predicted octanol–water partition coefficient (Wildman–Crippen LogP) is 1.47. The number of hydrogen-bond donors (Lipinski definition) is 1. The van der Waals surface area contributed by atoms with Crippen molar-refractivity contribution in [3.8, 4) is 0 Å². The van der Waals surface area contributed by atoms with Crippen molar-refractivity contribution in [1.29, 1.82) is 0 Å². The summed E-state index contributed by atoms with van der Waals surface area (Å²) in [5.74, 6) is 1.24. The zero-order valence-corrected chi connectivity index (χ0v) is 11.4. The molecule has 5 nitrogen and oxygen atoms in total. The molecule has 1 atom stereocenters. The number of likely N-dealkylation sites (tertiary alicyclic amines) is 1. The molecule has 2 N–H and O–H groups in total. The van der Waals surface area contributed by atoms with E-state index in [4.69, 9.17) is 5.73 Å². The van der Waals surface area contributed by atoms with Gasteiger partial charge in [0, 0.05) is 13.1 Å². The number of hydrogen-bond acceptors (Lipinski definition) is 6. The van der Waals surface area contributed by atoms with Crippen LogP contribution in [-0.4, -0.2) is 39.8 Å². The van der Waals surface area contributed by atoms with Gasteiger partial charge in [-0.2, -0.15) is 0 Å². The monoisotopic (exact) mass is 272 g/mol. The van der Waals surface area contributed by atoms with Crippen LogP contribution >= 0.6 is 23.1 Å². The van der Waals surface area contributed by atoms with E-state index in [1.807, 2.05) is 4.90 Å². The fraction of sp³-hybridized carbons (Fsp3) is 0.700. The molecule has 1 aromatic rings. The molecular formula is C10H16N4OS2. The van der Waals surface area contributed by atoms with E-state index in [9.17, 15) is 4.79 Å². The Bertz CT molecular complexity index is 395. The van der Waals surface area contributed by atoms with E-state index in [1.165, 1.54) is 29.5 Å². The van der Waals surface area contributed by atoms with Crippen LogP contribution in [0.5, 0.6) is 0 Å². The molecule has 94 valence electrons. The predicted molar refractivity (Wildman–Crippen MR) is 70.0 cm³/mol. The first-order chi connectivity index (χ1) is 8.15. The second-order valence-electron chi connectivity index (χ2n) is 4.28. The fourth-order valence-corrected chi connectivity index (χ4v) is 3.45. The number of nitrogen functional groups attached to an aromatic ring is 1. The lowest BCUT2D eigenvalue weighted by Gasteiger charge is -2.30. The van der Waals surface area contributed by atoms with Crippen LogP contribution in [-0.2, 0) is 4.79 Å². The van der Waals surface area contributed by atoms with Crippen LogP contribution in [0.1, 0.15) is 19.8 Å². The van der Waals surface area contributed by atoms with Gasteiger partial charge in [0.05, 0.1) is 5.75 Å². The maximum Gasteiger partial charge on any atom is 0.233 e. The van der Waals surface area contributed by atoms with E-state index >= 15 is 0 Å². The molecule has 1 aliphatic rings. The molecule has 7 heteroatoms. The topological polar surface area (TPSA) is 72.1 Å². The minimum Gasteiger partial charge on any atom is -0.374 e. The molecule has 2 rings (SSSR count). The normalized spacial score (nSPS) is 20.5. The molecule has 0 aromatic carbocycles. The number of nitrogens with zero attached hydrogens (tertiary/aromatic N) is 3. The summed E-state index contributed by atoms with van der Waals surface area (Å²) < 4.78 is 0.765. The first kappa shape index (κ1) is 12.6. The van der Waals surface area contributed by atoms with Gasteiger partial charge in [-0.1, -0.05) is 30.0 Å². The van der Waals surface area contributed by atoms with E-state index in [0.717, 1.165) is 23.8 Å². The highest BCUT2D eigenvalue weighted by atomic mass is 32.2. The van der Waals surface area contributed by atoms with Crippen molar-refractivity contribution in [3.63, 3.8) is 0 Å². The van der Waals surface area contributed by atoms with E-state index in [2.05, 4.69) is 17.1 Å². The second-order valence-corrected chi connectivity index (χ2v) is 6.51. The average Bonchev–Trinajstić information content (AvgIpc) is 2.72. The van der Waals surface area contributed by atoms with Crippen LogP contribution in [0.25, 0.3) is 0 Å². The van der Waals surface area contributed by atoms with Crippen LogP contribution < -0.4 is 5.73 Å². The zero-order chi connectivity index (χ0) is 12.3. The minimum atomic E-state index is 0.190. The lowest BCUT2D eigenvalue weighted by atomic mass is 10.0. The Morgan fingerprint density at radius 2 is 2.47 bits per heavy atom. The number of thioether (sulfide) groups is 1. The van der Waals surface area contributed by atoms with Crippen LogP contribution in [0.15, 0.2) is 4.34 Å². The molecule has 2 heterocycles. The van der Waals surface area contributed by atoms with Gasteiger partial charge in [0.2, 0.25) is 11.0 Å². The van der Waals surface area contributed by atoms with Crippen molar-refractivity contribution < 1.29 is 4.79 Å². The SMILES string of the molecule is C[C@H]1CCCN(C(=O)CSc2nnc(N)s2)C1. The molecule has 1 aromatic heterocycles. The summed E-state index contributed by atoms with van der Waals surface area (Å²) in [4.78, 5) is 13.9. The summed E-state index contributed by atoms with van der Waals surface area (Å²) in [5.41, 5.74) is 5.48. The van der Waals surface area contributed by atoms with E-state index in [1.54, 1.807) is 0 Å². The number of aromatic nitrogens is 2. The largest absolute Gasteiger partial charge is 0.374 e. The molecule has 0 bridgehead atoms. The second kappa shape index (κ2) is 5.68. The molecular weight excluding hydrogens is 256 g/mol. The Labute approximate surface area is 109 Å². The first-order valence-corrected chi connectivity index (χ1v) is 7.45. The van der Waals surface area contributed by atoms with Gasteiger partial charge < -0.3 is 10.6 Å². The summed E-state index contributed by atoms with van der Waals surface area (Å²) in [6, 6.07) is 0. The Morgan fingerprint density at radius 3 is 3.12 bits per heavy atom. The Kier molecular flexibility index (Phi) is 4.22. The third-order valence-electron chi connectivity index (χ3n) is 2.75. The Morgan fingerprint density at radius 1 is 1.65 bits per heavy atom. The van der Waals surface area contributed by atoms with Crippen molar-refractivity contribution in [1.82, 2.24) is 15.1 Å². The molecule has 0 unspecified atom stereocenters. The molecule has 17 heavy (non-hydrogen) atoms. The van der Waals surface area contributed by atoms with Gasteiger partial charge in [-0.15, -0.1) is 10.2 Å². The van der Waals surface area contributed by atoms with E-state index in [-0.39, 0.29) is 5.91 Å². The van der Waals surface area contributed by atoms with Crippen molar-refractivity contribution in [2.24, 2.45) is 5.92 Å². The summed E-state index contributed by atoms with van der Waals surface area (Å²) in [7, 11) is 0. The number of piperidine rings is 1. The van der Waals surface area contributed by atoms with Crippen LogP contribution in [0, 0.1) is 5.92 Å². The van der Waals surface area contributed by atoms with Gasteiger partial charge in [0.25, 0.3) is 0 Å². The van der Waals surface area contributed by atoms with E-state index < -0.39 is 0 Å². The van der Waals surface area contributed by atoms with Gasteiger partial charge in [-0.3, -0.25) is 4.79 Å². The third-order valence-corrected chi connectivity index (χ3v) is 4.62. The van der Waals surface area contributed by atoms with Crippen LogP contribution in [0.4, 0.5) is 5.13 Å². The van der Waals surface area contributed by atoms with Crippen molar-refractivity contribution in [3.05, 3.63) is 0 Å². The number of carbonyl (C=O) groups excluding carboxylic acids is 1. The van der Waals surface area contributed by atoms with Gasteiger partial charge in [-0.05, 0) is 18.8 Å². The smallest absolute Gasteiger partial charge is 0.233 e. The number of nitrogens with two attached hydrogens (primary N) is 1. The van der Waals surface area contributed by atoms with Gasteiger partial charge >= 0.3 is 0 Å². The highest BCUT2D eigenvalue weighted by Crippen LogP contribution is 2.24. The minimum absolute atomic E-state index is 0.190. The first-order valence-electron chi connectivity index (χ1n) is 5.64. The summed E-state index contributed by atoms with van der Waals surface area (Å²) in [6.07, 6.45) is 2.34. The van der Waals surface area contributed by atoms with Crippen molar-refractivity contribution in [2.75, 3.05) is 24.6 Å². The number of carbonyl (C=O) groups is 1. The average molecular weight is 272 g/mol. The molecule has 1 aliphatic heterocycles. The zero-order valence-electron chi connectivity index (χ0n) is 9.76. The van der Waals surface area contributed by atoms with Gasteiger partial charge in [-0.25, -0.2) is 0 Å². The highest BCUT2D eigenvalue weighted by molar-refractivity contribution is 8.01. The van der Waals surface area contributed by atoms with Gasteiger partial charge in [0.1, 0.15) is 0 Å². The standard InChI is InChI=1S/C10H16N4OS2/c1-7-3-2-4-14(5-7)8(15)6-16-10-13-12-9(11)17-10/h7H,2-6H2,1H3,(H2,11,12)/t7-/m0/s1. The molecule has 1 amide bonds. The summed E-state index contributed by atoms with van der Waals surface area (Å²) in [5, 5.41) is 8.05. The fourth-order valence-electron chi connectivity index (χ4n) is 1.91. The lowest BCUT2D eigenvalue weighted by Crippen LogP contribution is -2.40. The molecule has 1 saturated heterocycles. The number of rotatable bonds is 3. The van der Waals surface area contributed by atoms with Crippen LogP contribution in [0.2, 0.25) is 0 Å². The third kappa shape index (κ3) is 3.57. The maximum absolute atomic E-state index is 12.0. The molecule has 0 radical (unpaired) electrons. The quantitative estimate of drug-likeness (QED) is 0.844. The van der Waals surface area contributed by atoms with Gasteiger partial charge in [0.15, 0.2) is 4.34 Å². The Hall–Kier alpha value is -0.820. The summed E-state index contributed by atoms with van der Waals surface area (Å²) >= 11 is 2.74. The maximum atomic E-state index is 12.0. The molecule has 1 fully saturated rings. The van der Waals surface area contributed by atoms with Crippen LogP contribution in [0.3, 0.4) is 0 Å². The highest BCUT2D eigenvalue weighted by Gasteiger charge is 2.21. The van der Waals surface area contributed by atoms with E-state index in [0.29, 0.717) is 16.8 Å². The molecule has 0 aliphatic carbocycles. The lowest BCUT2D eigenvalue weighted by molar-refractivity contribution is -0.130. The van der Waals surface area contributed by atoms with Crippen molar-refractivity contribution in [2.45, 2.75) is 24.1 Å². The molecule has 0 saturated carbocycles. The summed E-state index contributed by atoms with van der Waals surface area (Å²) in [6.45, 7) is 3.97. The Balaban J connectivity index is 1.80. The number of amides is 1. The number of anilines is 1. The van der Waals surface area contributed by atoms with Crippen molar-refractivity contribution >= 4 is 34.1 Å². The molecule has 0 spiro atoms.